The summed E-state index contributed by atoms with van der Waals surface area (Å²) in [6.07, 6.45) is 0. The summed E-state index contributed by atoms with van der Waals surface area (Å²) in [6.45, 7) is 0. The average molecular weight is 267 g/mol. The second-order valence-electron chi connectivity index (χ2n) is 2.96. The molecule has 0 bridgehead atoms. The monoisotopic (exact) mass is 266 g/mol. The number of nitrogens with two attached hydrogens (primary N) is 1. The Bertz CT molecular complexity index is 520. The largest absolute Gasteiger partial charge is 0.394 e. The number of hydrogen-bond acceptors (Lipinski definition) is 3. The minimum atomic E-state index is -1.69. The fraction of sp³-hybridized carbons (Fsp3) is 0.111. The summed E-state index contributed by atoms with van der Waals surface area (Å²) in [5.41, 5.74) is 1.41. The van der Waals surface area contributed by atoms with Crippen molar-refractivity contribution in [3.63, 3.8) is 0 Å². The lowest BCUT2D eigenvalue weighted by atomic mass is 10.1. The molecule has 0 unspecified atom stereocenters. The third-order valence-corrected chi connectivity index (χ3v) is 2.19. The molecule has 1 aromatic carbocycles. The van der Waals surface area contributed by atoms with Gasteiger partial charge in [0.15, 0.2) is 17.5 Å². The summed E-state index contributed by atoms with van der Waals surface area (Å²) in [7, 11) is 1.10. The Balaban J connectivity index is 3.74. The average Bonchev–Trinajstić information content (AvgIpc) is 2.25. The van der Waals surface area contributed by atoms with E-state index in [2.05, 4.69) is 0 Å². The second kappa shape index (κ2) is 4.62. The summed E-state index contributed by atoms with van der Waals surface area (Å²) >= 11 is 4.93. The van der Waals surface area contributed by atoms with E-state index in [9.17, 15) is 22.8 Å². The maximum Gasteiger partial charge on any atom is 0.258 e. The first-order valence-electron chi connectivity index (χ1n) is 4.20. The van der Waals surface area contributed by atoms with Crippen LogP contribution < -0.4 is 11.1 Å². The molecule has 0 saturated carbocycles. The smallest absolute Gasteiger partial charge is 0.258 e. The highest BCUT2D eigenvalue weighted by Gasteiger charge is 2.29. The molecular weight excluding hydrogens is 261 g/mol. The van der Waals surface area contributed by atoms with Gasteiger partial charge in [-0.25, -0.2) is 13.2 Å². The van der Waals surface area contributed by atoms with Gasteiger partial charge in [0.1, 0.15) is 16.8 Å². The molecule has 0 aromatic heterocycles. The lowest BCUT2D eigenvalue weighted by Gasteiger charge is -2.10. The number of halogens is 4. The van der Waals surface area contributed by atoms with Gasteiger partial charge >= 0.3 is 0 Å². The van der Waals surface area contributed by atoms with Gasteiger partial charge in [0.2, 0.25) is 0 Å². The topological polar surface area (TPSA) is 72.2 Å². The summed E-state index contributed by atoms with van der Waals surface area (Å²) < 4.78 is 40.2. The van der Waals surface area contributed by atoms with Crippen LogP contribution in [-0.4, -0.2) is 18.2 Å². The van der Waals surface area contributed by atoms with E-state index in [-0.39, 0.29) is 0 Å². The first-order chi connectivity index (χ1) is 7.82. The Labute approximate surface area is 98.5 Å². The minimum absolute atomic E-state index is 1.10. The van der Waals surface area contributed by atoms with Crippen LogP contribution in [0.3, 0.4) is 0 Å². The molecular formula is C9H6ClF3N2O2. The van der Waals surface area contributed by atoms with E-state index in [4.69, 9.17) is 17.3 Å². The molecule has 0 heterocycles. The van der Waals surface area contributed by atoms with Gasteiger partial charge in [0.25, 0.3) is 11.1 Å². The van der Waals surface area contributed by atoms with E-state index in [1.54, 1.807) is 0 Å². The fourth-order valence-corrected chi connectivity index (χ4v) is 1.35. The van der Waals surface area contributed by atoms with Crippen LogP contribution in [0.2, 0.25) is 0 Å². The van der Waals surface area contributed by atoms with Gasteiger partial charge in [-0.05, 0) is 11.6 Å². The van der Waals surface area contributed by atoms with Crippen molar-refractivity contribution < 1.29 is 22.8 Å². The van der Waals surface area contributed by atoms with Crippen molar-refractivity contribution in [3.05, 3.63) is 28.6 Å². The summed E-state index contributed by atoms with van der Waals surface area (Å²) in [5, 5.41) is 0.408. The van der Waals surface area contributed by atoms with E-state index >= 15 is 0 Å². The Morgan fingerprint density at radius 3 is 2.00 bits per heavy atom. The molecule has 0 atom stereocenters. The van der Waals surface area contributed by atoms with Gasteiger partial charge in [-0.3, -0.25) is 9.59 Å². The zero-order valence-electron chi connectivity index (χ0n) is 8.41. The zero-order valence-corrected chi connectivity index (χ0v) is 9.16. The number of hydrogen-bond donors (Lipinski definition) is 2. The highest BCUT2D eigenvalue weighted by molar-refractivity contribution is 6.67. The molecule has 0 aliphatic heterocycles. The Kier molecular flexibility index (Phi) is 3.62. The summed E-state index contributed by atoms with van der Waals surface area (Å²) in [4.78, 5) is 22.0. The fourth-order valence-electron chi connectivity index (χ4n) is 1.18. The van der Waals surface area contributed by atoms with Crippen LogP contribution in [0.15, 0.2) is 0 Å². The second-order valence-corrected chi connectivity index (χ2v) is 3.30. The SMILES string of the molecule is CNC(=O)c1c(F)c(N)c(F)c(C(=O)Cl)c1F. The standard InChI is InChI=1S/C9H6ClF3N2O2/c1-15-9(17)3-4(11)2(8(10)16)5(12)7(14)6(3)13/h14H2,1H3,(H,15,17). The number of carbonyl (C=O) groups excluding carboxylic acids is 2. The van der Waals surface area contributed by atoms with E-state index in [1.807, 2.05) is 5.32 Å². The first-order valence-corrected chi connectivity index (χ1v) is 4.58. The van der Waals surface area contributed by atoms with Gasteiger partial charge < -0.3 is 11.1 Å². The first kappa shape index (κ1) is 13.3. The number of amides is 1. The lowest BCUT2D eigenvalue weighted by molar-refractivity contribution is 0.0954. The molecule has 1 aromatic rings. The van der Waals surface area contributed by atoms with Gasteiger partial charge in [0, 0.05) is 7.05 Å². The van der Waals surface area contributed by atoms with Crippen molar-refractivity contribution in [2.24, 2.45) is 0 Å². The molecule has 1 amide bonds. The number of nitrogen functional groups attached to an aromatic ring is 1. The summed E-state index contributed by atoms with van der Waals surface area (Å²) in [5.74, 6) is -6.09. The van der Waals surface area contributed by atoms with Crippen molar-refractivity contribution >= 4 is 28.4 Å². The van der Waals surface area contributed by atoms with Gasteiger partial charge in [-0.2, -0.15) is 0 Å². The zero-order chi connectivity index (χ0) is 13.3. The quantitative estimate of drug-likeness (QED) is 0.628. The molecule has 1 rings (SSSR count). The highest BCUT2D eigenvalue weighted by atomic mass is 35.5. The predicted octanol–water partition coefficient (Wildman–Crippen LogP) is 1.42. The molecule has 3 N–H and O–H groups in total. The molecule has 0 aliphatic carbocycles. The van der Waals surface area contributed by atoms with Gasteiger partial charge in [0.05, 0.1) is 0 Å². The molecule has 17 heavy (non-hydrogen) atoms. The molecule has 0 saturated heterocycles. The van der Waals surface area contributed by atoms with E-state index < -0.39 is 45.4 Å². The van der Waals surface area contributed by atoms with Crippen LogP contribution >= 0.6 is 11.6 Å². The van der Waals surface area contributed by atoms with Crippen LogP contribution in [0.25, 0.3) is 0 Å². The normalized spacial score (nSPS) is 10.2. The van der Waals surface area contributed by atoms with E-state index in [0.717, 1.165) is 7.05 Å². The molecule has 0 aliphatic rings. The minimum Gasteiger partial charge on any atom is -0.394 e. The predicted molar refractivity (Wildman–Crippen MR) is 54.3 cm³/mol. The third-order valence-electron chi connectivity index (χ3n) is 2.00. The van der Waals surface area contributed by atoms with Crippen molar-refractivity contribution in [2.75, 3.05) is 12.8 Å². The van der Waals surface area contributed by atoms with E-state index in [0.29, 0.717) is 0 Å². The number of rotatable bonds is 2. The Morgan fingerprint density at radius 1 is 1.12 bits per heavy atom. The van der Waals surface area contributed by atoms with Crippen molar-refractivity contribution in [2.45, 2.75) is 0 Å². The molecule has 92 valence electrons. The maximum absolute atomic E-state index is 13.6. The number of carbonyl (C=O) groups is 2. The molecule has 8 heteroatoms. The number of nitrogens with one attached hydrogen (secondary N) is 1. The Morgan fingerprint density at radius 2 is 1.59 bits per heavy atom. The Hall–Kier alpha value is -1.76. The lowest BCUT2D eigenvalue weighted by Crippen LogP contribution is -2.24. The molecule has 0 spiro atoms. The van der Waals surface area contributed by atoms with Crippen LogP contribution in [0.4, 0.5) is 18.9 Å². The van der Waals surface area contributed by atoms with Crippen LogP contribution in [0, 0.1) is 17.5 Å². The van der Waals surface area contributed by atoms with Crippen molar-refractivity contribution in [1.29, 1.82) is 0 Å². The van der Waals surface area contributed by atoms with Crippen molar-refractivity contribution in [3.8, 4) is 0 Å². The van der Waals surface area contributed by atoms with Crippen LogP contribution in [0.5, 0.6) is 0 Å². The van der Waals surface area contributed by atoms with Gasteiger partial charge in [-0.15, -0.1) is 0 Å². The van der Waals surface area contributed by atoms with Crippen LogP contribution in [-0.2, 0) is 0 Å². The molecule has 0 fully saturated rings. The van der Waals surface area contributed by atoms with Crippen LogP contribution in [0.1, 0.15) is 20.7 Å². The number of anilines is 1. The summed E-state index contributed by atoms with van der Waals surface area (Å²) in [6, 6.07) is 0. The highest BCUT2D eigenvalue weighted by Crippen LogP contribution is 2.28. The number of benzene rings is 1. The van der Waals surface area contributed by atoms with Gasteiger partial charge in [-0.1, -0.05) is 0 Å². The molecule has 4 nitrogen and oxygen atoms in total. The third kappa shape index (κ3) is 2.05. The maximum atomic E-state index is 13.6. The van der Waals surface area contributed by atoms with Crippen molar-refractivity contribution in [1.82, 2.24) is 5.32 Å². The van der Waals surface area contributed by atoms with E-state index in [1.165, 1.54) is 0 Å². The molecule has 0 radical (unpaired) electrons.